The summed E-state index contributed by atoms with van der Waals surface area (Å²) in [4.78, 5) is 14.4. The molecule has 0 aliphatic carbocycles. The van der Waals surface area contributed by atoms with Gasteiger partial charge in [-0.3, -0.25) is 4.79 Å². The number of carbonyl (C=O) groups is 1. The summed E-state index contributed by atoms with van der Waals surface area (Å²) in [7, 11) is 0. The molecule has 0 fully saturated rings. The third-order valence-electron chi connectivity index (χ3n) is 4.98. The number of benzene rings is 1. The summed E-state index contributed by atoms with van der Waals surface area (Å²) >= 11 is 0. The largest absolute Gasteiger partial charge is 0.504 e. The summed E-state index contributed by atoms with van der Waals surface area (Å²) in [5.41, 5.74) is 5.80. The smallest absolute Gasteiger partial charge is 0.251 e. The Hall–Kier alpha value is -2.03. The van der Waals surface area contributed by atoms with Crippen molar-refractivity contribution in [3.8, 4) is 17.2 Å². The maximum absolute atomic E-state index is 12.0. The van der Waals surface area contributed by atoms with Gasteiger partial charge in [0.1, 0.15) is 0 Å². The number of nitrogens with two attached hydrogens (primary N) is 1. The number of amides is 1. The quantitative estimate of drug-likeness (QED) is 0.206. The predicted molar refractivity (Wildman–Crippen MR) is 111 cm³/mol. The second-order valence-corrected chi connectivity index (χ2v) is 6.97. The summed E-state index contributed by atoms with van der Waals surface area (Å²) < 4.78 is 0. The van der Waals surface area contributed by atoms with Crippen molar-refractivity contribution < 1.29 is 20.1 Å². The molecule has 0 bridgehead atoms. The lowest BCUT2D eigenvalue weighted by Gasteiger charge is -2.24. The van der Waals surface area contributed by atoms with Gasteiger partial charge in [-0.1, -0.05) is 26.7 Å². The average Bonchev–Trinajstić information content (AvgIpc) is 2.68. The molecule has 0 saturated heterocycles. The Bertz CT molecular complexity index is 571. The molecule has 1 aromatic rings. The highest BCUT2D eigenvalue weighted by Crippen LogP contribution is 2.35. The zero-order valence-electron chi connectivity index (χ0n) is 17.1. The molecule has 0 aliphatic rings. The summed E-state index contributed by atoms with van der Waals surface area (Å²) in [5, 5.41) is 34.2. The molecule has 0 radical (unpaired) electrons. The first kappa shape index (κ1) is 24.0. The molecule has 160 valence electrons. The summed E-state index contributed by atoms with van der Waals surface area (Å²) in [6.07, 6.45) is 3.61. The molecule has 0 aromatic heterocycles. The van der Waals surface area contributed by atoms with Crippen LogP contribution in [0.1, 0.15) is 43.5 Å². The van der Waals surface area contributed by atoms with Crippen LogP contribution in [0.5, 0.6) is 17.2 Å². The summed E-state index contributed by atoms with van der Waals surface area (Å²) in [5.74, 6) is -1.36. The van der Waals surface area contributed by atoms with Gasteiger partial charge in [0, 0.05) is 44.8 Å². The molecular weight excluding hydrogens is 360 g/mol. The molecule has 8 nitrogen and oxygen atoms in total. The number of hydrogen-bond donors (Lipinski definition) is 6. The van der Waals surface area contributed by atoms with Gasteiger partial charge in [-0.05, 0) is 31.0 Å². The van der Waals surface area contributed by atoms with Crippen LogP contribution < -0.4 is 16.4 Å². The van der Waals surface area contributed by atoms with Gasteiger partial charge in [0.2, 0.25) is 0 Å². The first-order chi connectivity index (χ1) is 13.4. The van der Waals surface area contributed by atoms with E-state index in [9.17, 15) is 20.1 Å². The molecule has 1 rings (SSSR count). The van der Waals surface area contributed by atoms with E-state index in [4.69, 9.17) is 5.73 Å². The molecule has 0 aliphatic heterocycles. The Morgan fingerprint density at radius 2 is 1.68 bits per heavy atom. The molecule has 1 amide bonds. The first-order valence-corrected chi connectivity index (χ1v) is 10.1. The minimum absolute atomic E-state index is 0.0864. The van der Waals surface area contributed by atoms with E-state index in [2.05, 4.69) is 29.4 Å². The molecule has 7 N–H and O–H groups in total. The molecule has 0 saturated carbocycles. The van der Waals surface area contributed by atoms with Crippen LogP contribution >= 0.6 is 0 Å². The maximum Gasteiger partial charge on any atom is 0.251 e. The van der Waals surface area contributed by atoms with Crippen LogP contribution in [0, 0.1) is 5.92 Å². The van der Waals surface area contributed by atoms with Crippen molar-refractivity contribution in [2.24, 2.45) is 11.7 Å². The highest BCUT2D eigenvalue weighted by atomic mass is 16.3. The number of nitrogens with one attached hydrogen (secondary N) is 2. The minimum atomic E-state index is -0.635. The lowest BCUT2D eigenvalue weighted by Crippen LogP contribution is -2.39. The topological polar surface area (TPSA) is 131 Å². The van der Waals surface area contributed by atoms with E-state index in [1.807, 2.05) is 0 Å². The zero-order valence-corrected chi connectivity index (χ0v) is 17.1. The molecular formula is C20H36N4O4. The lowest BCUT2D eigenvalue weighted by molar-refractivity contribution is 0.0953. The van der Waals surface area contributed by atoms with Crippen molar-refractivity contribution in [2.75, 3.05) is 45.8 Å². The molecule has 0 atom stereocenters. The second-order valence-electron chi connectivity index (χ2n) is 6.97. The van der Waals surface area contributed by atoms with Crippen LogP contribution in [0.3, 0.4) is 0 Å². The van der Waals surface area contributed by atoms with Gasteiger partial charge in [-0.25, -0.2) is 0 Å². The molecule has 1 aromatic carbocycles. The van der Waals surface area contributed by atoms with Gasteiger partial charge in [0.25, 0.3) is 5.91 Å². The number of hydrogen-bond acceptors (Lipinski definition) is 7. The molecule has 0 unspecified atom stereocenters. The highest BCUT2D eigenvalue weighted by molar-refractivity contribution is 5.95. The second kappa shape index (κ2) is 13.2. The zero-order chi connectivity index (χ0) is 20.9. The van der Waals surface area contributed by atoms with Crippen molar-refractivity contribution in [3.05, 3.63) is 17.7 Å². The summed E-state index contributed by atoms with van der Waals surface area (Å²) in [6, 6.07) is 2.23. The number of phenolic OH excluding ortho intramolecular Hbond substituents is 3. The van der Waals surface area contributed by atoms with E-state index in [0.717, 1.165) is 44.2 Å². The lowest BCUT2D eigenvalue weighted by atomic mass is 9.99. The van der Waals surface area contributed by atoms with Crippen molar-refractivity contribution in [1.82, 2.24) is 15.5 Å². The fraction of sp³-hybridized carbons (Fsp3) is 0.650. The van der Waals surface area contributed by atoms with Crippen LogP contribution in [0.25, 0.3) is 0 Å². The van der Waals surface area contributed by atoms with Gasteiger partial charge < -0.3 is 36.6 Å². The van der Waals surface area contributed by atoms with Crippen LogP contribution in [-0.2, 0) is 0 Å². The maximum atomic E-state index is 12.0. The molecule has 8 heteroatoms. The van der Waals surface area contributed by atoms with Crippen LogP contribution in [0.15, 0.2) is 12.1 Å². The Morgan fingerprint density at radius 1 is 1.04 bits per heavy atom. The normalized spacial score (nSPS) is 11.3. The Balaban J connectivity index is 2.27. The van der Waals surface area contributed by atoms with Gasteiger partial charge in [0.05, 0.1) is 0 Å². The first-order valence-electron chi connectivity index (χ1n) is 10.1. The monoisotopic (exact) mass is 396 g/mol. The summed E-state index contributed by atoms with van der Waals surface area (Å²) in [6.45, 7) is 9.77. The fourth-order valence-corrected chi connectivity index (χ4v) is 3.04. The molecule has 0 spiro atoms. The number of rotatable bonds is 14. The van der Waals surface area contributed by atoms with E-state index in [-0.39, 0.29) is 5.56 Å². The fourth-order valence-electron chi connectivity index (χ4n) is 3.04. The van der Waals surface area contributed by atoms with Gasteiger partial charge >= 0.3 is 0 Å². The van der Waals surface area contributed by atoms with E-state index >= 15 is 0 Å². The Morgan fingerprint density at radius 3 is 2.25 bits per heavy atom. The van der Waals surface area contributed by atoms with E-state index in [1.165, 1.54) is 19.3 Å². The van der Waals surface area contributed by atoms with Crippen LogP contribution in [0.4, 0.5) is 0 Å². The Kier molecular flexibility index (Phi) is 11.3. The minimum Gasteiger partial charge on any atom is -0.504 e. The highest BCUT2D eigenvalue weighted by Gasteiger charge is 2.13. The van der Waals surface area contributed by atoms with Gasteiger partial charge in [0.15, 0.2) is 17.2 Å². The molecule has 0 heterocycles. The van der Waals surface area contributed by atoms with Crippen molar-refractivity contribution in [1.29, 1.82) is 0 Å². The number of aromatic hydroxyl groups is 3. The van der Waals surface area contributed by atoms with E-state index < -0.39 is 23.2 Å². The van der Waals surface area contributed by atoms with Crippen molar-refractivity contribution in [2.45, 2.75) is 33.1 Å². The van der Waals surface area contributed by atoms with Crippen molar-refractivity contribution in [3.63, 3.8) is 0 Å². The van der Waals surface area contributed by atoms with Crippen LogP contribution in [-0.4, -0.2) is 71.9 Å². The number of phenols is 3. The average molecular weight is 397 g/mol. The molecule has 28 heavy (non-hydrogen) atoms. The van der Waals surface area contributed by atoms with E-state index in [1.54, 1.807) is 0 Å². The number of nitrogens with zero attached hydrogens (tertiary/aromatic N) is 1. The predicted octanol–water partition coefficient (Wildman–Crippen LogP) is 1.21. The third-order valence-corrected chi connectivity index (χ3v) is 4.98. The Labute approximate surface area is 167 Å². The number of carbonyl (C=O) groups excluding carboxylic acids is 1. The van der Waals surface area contributed by atoms with E-state index in [0.29, 0.717) is 19.6 Å². The SMILES string of the molecule is CCC(CC)CCN(CCN)CCNCCNC(=O)c1cc(O)c(O)c(O)c1. The van der Waals surface area contributed by atoms with Gasteiger partial charge in [-0.15, -0.1) is 0 Å². The third kappa shape index (κ3) is 8.33. The van der Waals surface area contributed by atoms with Crippen LogP contribution in [0.2, 0.25) is 0 Å². The van der Waals surface area contributed by atoms with Crippen molar-refractivity contribution >= 4 is 5.91 Å². The van der Waals surface area contributed by atoms with Gasteiger partial charge in [-0.2, -0.15) is 0 Å². The standard InChI is InChI=1S/C20H36N4O4/c1-3-15(4-2)5-10-24(11-6-21)12-9-22-7-8-23-20(28)16-13-17(25)19(27)18(26)14-16/h13-15,22,25-27H,3-12,21H2,1-2H3,(H,23,28).